The number of carboxylic acid groups (broad SMARTS) is 1. The van der Waals surface area contributed by atoms with Gasteiger partial charge in [0.15, 0.2) is 0 Å². The Morgan fingerprint density at radius 3 is 2.43 bits per heavy atom. The van der Waals surface area contributed by atoms with Gasteiger partial charge in [0, 0.05) is 28.2 Å². The van der Waals surface area contributed by atoms with Crippen LogP contribution in [0, 0.1) is 12.8 Å². The Kier molecular flexibility index (Phi) is 6.12. The Bertz CT molecular complexity index is 1130. The van der Waals surface area contributed by atoms with E-state index in [-0.39, 0.29) is 30.5 Å². The molecule has 3 rings (SSSR count). The molecule has 0 aliphatic carbocycles. The minimum absolute atomic E-state index is 0.000804. The van der Waals surface area contributed by atoms with Gasteiger partial charge in [-0.05, 0) is 55.0 Å². The highest BCUT2D eigenvalue weighted by Crippen LogP contribution is 2.30. The van der Waals surface area contributed by atoms with Gasteiger partial charge in [0.05, 0.1) is 17.9 Å². The van der Waals surface area contributed by atoms with E-state index >= 15 is 0 Å². The fourth-order valence-corrected chi connectivity index (χ4v) is 3.38. The Hall–Kier alpha value is -3.32. The first-order valence-electron chi connectivity index (χ1n) is 9.31. The summed E-state index contributed by atoms with van der Waals surface area (Å²) in [4.78, 5) is 36.5. The van der Waals surface area contributed by atoms with E-state index in [4.69, 9.17) is 16.7 Å². The van der Waals surface area contributed by atoms with E-state index in [0.29, 0.717) is 32.7 Å². The topological polar surface area (TPSA) is 109 Å². The summed E-state index contributed by atoms with van der Waals surface area (Å²) in [7, 11) is 0. The van der Waals surface area contributed by atoms with Gasteiger partial charge in [-0.3, -0.25) is 19.0 Å². The zero-order valence-corrected chi connectivity index (χ0v) is 17.2. The number of rotatable bonds is 6. The van der Waals surface area contributed by atoms with Crippen molar-refractivity contribution in [2.75, 3.05) is 6.54 Å². The zero-order valence-electron chi connectivity index (χ0n) is 16.5. The summed E-state index contributed by atoms with van der Waals surface area (Å²) in [5.74, 6) is -2.35. The van der Waals surface area contributed by atoms with Gasteiger partial charge in [0.2, 0.25) is 5.91 Å². The van der Waals surface area contributed by atoms with Crippen LogP contribution >= 0.6 is 11.6 Å². The molecule has 0 saturated heterocycles. The summed E-state index contributed by atoms with van der Waals surface area (Å²) in [6.45, 7) is 3.23. The highest BCUT2D eigenvalue weighted by atomic mass is 35.5. The van der Waals surface area contributed by atoms with Crippen molar-refractivity contribution in [3.8, 4) is 5.75 Å². The number of hydrogen-bond donors (Lipinski definition) is 3. The number of aliphatic carboxylic acids is 1. The molecule has 0 aliphatic rings. The number of benzene rings is 2. The lowest BCUT2D eigenvalue weighted by Crippen LogP contribution is -2.32. The Morgan fingerprint density at radius 2 is 1.80 bits per heavy atom. The maximum atomic E-state index is 13.2. The molecule has 0 saturated carbocycles. The molecular weight excluding hydrogens is 408 g/mol. The first-order chi connectivity index (χ1) is 14.2. The van der Waals surface area contributed by atoms with E-state index < -0.39 is 11.9 Å². The number of carbonyl (C=O) groups excluding carboxylic acids is 2. The molecule has 1 heterocycles. The maximum Gasteiger partial charge on any atom is 0.308 e. The Morgan fingerprint density at radius 1 is 1.13 bits per heavy atom. The Balaban J connectivity index is 1.99. The molecule has 3 N–H and O–H groups in total. The van der Waals surface area contributed by atoms with Crippen LogP contribution in [-0.4, -0.2) is 39.1 Å². The van der Waals surface area contributed by atoms with Gasteiger partial charge < -0.3 is 15.5 Å². The first-order valence-corrected chi connectivity index (χ1v) is 9.69. The van der Waals surface area contributed by atoms with Crippen molar-refractivity contribution in [3.05, 3.63) is 64.3 Å². The minimum atomic E-state index is -0.999. The van der Waals surface area contributed by atoms with Crippen molar-refractivity contribution in [1.82, 2.24) is 9.88 Å². The maximum absolute atomic E-state index is 13.2. The van der Waals surface area contributed by atoms with Crippen LogP contribution < -0.4 is 5.32 Å². The second-order valence-electron chi connectivity index (χ2n) is 7.13. The number of carbonyl (C=O) groups is 3. The number of carboxylic acids is 1. The number of nitrogens with zero attached hydrogens (tertiary/aromatic N) is 1. The number of aromatic hydroxyl groups is 1. The van der Waals surface area contributed by atoms with E-state index in [2.05, 4.69) is 5.32 Å². The first kappa shape index (κ1) is 21.4. The molecule has 0 radical (unpaired) electrons. The standard InChI is InChI=1S/C22H21ClN2O5/c1-12(22(29)30)11-24-20(27)10-17-13(2)25(19-8-7-16(26)9-18(17)19)21(28)14-3-5-15(23)6-4-14/h3-9,12,26H,10-11H2,1-2H3,(H,24,27)(H,29,30). The number of phenolic OH excluding ortho intramolecular Hbond substituents is 1. The highest BCUT2D eigenvalue weighted by Gasteiger charge is 2.22. The van der Waals surface area contributed by atoms with Gasteiger partial charge >= 0.3 is 5.97 Å². The summed E-state index contributed by atoms with van der Waals surface area (Å²) >= 11 is 5.91. The van der Waals surface area contributed by atoms with E-state index in [9.17, 15) is 19.5 Å². The molecule has 8 heteroatoms. The summed E-state index contributed by atoms with van der Waals surface area (Å²) in [5.41, 5.74) is 2.14. The largest absolute Gasteiger partial charge is 0.508 e. The van der Waals surface area contributed by atoms with Crippen molar-refractivity contribution in [1.29, 1.82) is 0 Å². The summed E-state index contributed by atoms with van der Waals surface area (Å²) < 4.78 is 1.50. The van der Waals surface area contributed by atoms with Crippen molar-refractivity contribution < 1.29 is 24.6 Å². The van der Waals surface area contributed by atoms with E-state index in [1.54, 1.807) is 37.3 Å². The fourth-order valence-electron chi connectivity index (χ4n) is 3.25. The lowest BCUT2D eigenvalue weighted by molar-refractivity contribution is -0.141. The van der Waals surface area contributed by atoms with Gasteiger partial charge in [-0.25, -0.2) is 0 Å². The summed E-state index contributed by atoms with van der Waals surface area (Å²) in [6.07, 6.45) is -0.0565. The van der Waals surface area contributed by atoms with E-state index in [0.717, 1.165) is 0 Å². The molecule has 0 fully saturated rings. The van der Waals surface area contributed by atoms with Gasteiger partial charge in [0.1, 0.15) is 5.75 Å². The SMILES string of the molecule is Cc1c(CC(=O)NCC(C)C(=O)O)c2cc(O)ccc2n1C(=O)c1ccc(Cl)cc1. The molecular formula is C22H21ClN2O5. The fraction of sp³-hybridized carbons (Fsp3) is 0.227. The number of nitrogens with one attached hydrogen (secondary N) is 1. The highest BCUT2D eigenvalue weighted by molar-refractivity contribution is 6.30. The molecule has 2 aromatic carbocycles. The second kappa shape index (κ2) is 8.59. The van der Waals surface area contributed by atoms with Gasteiger partial charge in [0.25, 0.3) is 5.91 Å². The van der Waals surface area contributed by atoms with E-state index in [1.807, 2.05) is 0 Å². The average Bonchev–Trinajstić information content (AvgIpc) is 2.97. The van der Waals surface area contributed by atoms with Crippen LogP contribution in [0.25, 0.3) is 10.9 Å². The molecule has 30 heavy (non-hydrogen) atoms. The number of fused-ring (bicyclic) bond motifs is 1. The van der Waals surface area contributed by atoms with Crippen molar-refractivity contribution in [2.45, 2.75) is 20.3 Å². The predicted molar refractivity (Wildman–Crippen MR) is 113 cm³/mol. The van der Waals surface area contributed by atoms with Crippen molar-refractivity contribution in [2.24, 2.45) is 5.92 Å². The molecule has 7 nitrogen and oxygen atoms in total. The number of aromatic nitrogens is 1. The number of amides is 1. The number of halogens is 1. The zero-order chi connectivity index (χ0) is 22.0. The lowest BCUT2D eigenvalue weighted by atomic mass is 10.1. The molecule has 0 spiro atoms. The van der Waals surface area contributed by atoms with Crippen LogP contribution in [0.5, 0.6) is 5.75 Å². The van der Waals surface area contributed by atoms with Crippen LogP contribution in [-0.2, 0) is 16.0 Å². The summed E-state index contributed by atoms with van der Waals surface area (Å²) in [5, 5.41) is 22.6. The third-order valence-electron chi connectivity index (χ3n) is 4.98. The number of phenols is 1. The second-order valence-corrected chi connectivity index (χ2v) is 7.57. The number of hydrogen-bond acceptors (Lipinski definition) is 4. The third-order valence-corrected chi connectivity index (χ3v) is 5.23. The van der Waals surface area contributed by atoms with Crippen molar-refractivity contribution >= 4 is 40.3 Å². The van der Waals surface area contributed by atoms with Crippen LogP contribution in [0.3, 0.4) is 0 Å². The molecule has 156 valence electrons. The molecule has 3 aromatic rings. The van der Waals surface area contributed by atoms with Crippen molar-refractivity contribution in [3.63, 3.8) is 0 Å². The van der Waals surface area contributed by atoms with Gasteiger partial charge in [-0.1, -0.05) is 18.5 Å². The predicted octanol–water partition coefficient (Wildman–Crippen LogP) is 3.38. The van der Waals surface area contributed by atoms with Crippen LogP contribution in [0.15, 0.2) is 42.5 Å². The molecule has 1 unspecified atom stereocenters. The van der Waals surface area contributed by atoms with Crippen LogP contribution in [0.4, 0.5) is 0 Å². The summed E-state index contributed by atoms with van der Waals surface area (Å²) in [6, 6.07) is 11.1. The quantitative estimate of drug-likeness (QED) is 0.557. The minimum Gasteiger partial charge on any atom is -0.508 e. The lowest BCUT2D eigenvalue weighted by Gasteiger charge is -2.09. The van der Waals surface area contributed by atoms with Crippen LogP contribution in [0.2, 0.25) is 5.02 Å². The van der Waals surface area contributed by atoms with Crippen LogP contribution in [0.1, 0.15) is 28.5 Å². The van der Waals surface area contributed by atoms with Gasteiger partial charge in [-0.15, -0.1) is 0 Å². The van der Waals surface area contributed by atoms with Gasteiger partial charge in [-0.2, -0.15) is 0 Å². The Labute approximate surface area is 177 Å². The normalized spacial score (nSPS) is 12.0. The van der Waals surface area contributed by atoms with E-state index in [1.165, 1.54) is 23.6 Å². The molecule has 0 aliphatic heterocycles. The third kappa shape index (κ3) is 4.31. The smallest absolute Gasteiger partial charge is 0.308 e. The average molecular weight is 429 g/mol. The molecule has 1 amide bonds. The molecule has 1 aromatic heterocycles. The monoisotopic (exact) mass is 428 g/mol. The molecule has 0 bridgehead atoms. The molecule has 1 atom stereocenters.